The van der Waals surface area contributed by atoms with E-state index in [0.717, 1.165) is 29.9 Å². The van der Waals surface area contributed by atoms with E-state index >= 15 is 0 Å². The molecule has 0 radical (unpaired) electrons. The van der Waals surface area contributed by atoms with Crippen molar-refractivity contribution in [3.8, 4) is 28.7 Å². The van der Waals surface area contributed by atoms with E-state index in [1.54, 1.807) is 25.7 Å². The van der Waals surface area contributed by atoms with Gasteiger partial charge in [-0.3, -0.25) is 19.8 Å². The fraction of sp³-hybridized carbons (Fsp3) is 0.414. The highest BCUT2D eigenvalue weighted by Gasteiger charge is 2.20. The molecule has 0 spiro atoms. The lowest BCUT2D eigenvalue weighted by Gasteiger charge is -2.26. The van der Waals surface area contributed by atoms with E-state index < -0.39 is 5.91 Å². The van der Waals surface area contributed by atoms with Crippen LogP contribution in [0.25, 0.3) is 0 Å². The number of hydrogen-bond donors (Lipinski definition) is 2. The summed E-state index contributed by atoms with van der Waals surface area (Å²) in [4.78, 5) is 32.3. The number of methoxy groups -OCH3 is 5. The summed E-state index contributed by atoms with van der Waals surface area (Å²) in [5.41, 5.74) is 1.61. The highest BCUT2D eigenvalue weighted by atomic mass is 32.1. The van der Waals surface area contributed by atoms with E-state index in [4.69, 9.17) is 23.7 Å². The van der Waals surface area contributed by atoms with Crippen LogP contribution in [0.15, 0.2) is 35.7 Å². The van der Waals surface area contributed by atoms with E-state index in [1.165, 1.54) is 27.4 Å². The van der Waals surface area contributed by atoms with Crippen molar-refractivity contribution in [1.29, 1.82) is 0 Å². The molecular formula is C29H38N4O7S. The Morgan fingerprint density at radius 2 is 1.46 bits per heavy atom. The molecule has 222 valence electrons. The van der Waals surface area contributed by atoms with E-state index in [0.29, 0.717) is 47.9 Å². The summed E-state index contributed by atoms with van der Waals surface area (Å²) in [6.07, 6.45) is 0.826. The van der Waals surface area contributed by atoms with Crippen LogP contribution in [0.3, 0.4) is 0 Å². The standard InChI is InChI=1S/C29H38N4O7S/c1-18(2)33(12-10-19-8-9-22(36-3)24(14-19)38-5)13-11-30-28(35)21-17-41-29(31-21)32-27(34)20-15-25(39-6)26(40-7)16-23(20)37-4/h8-9,14-18H,10-13H2,1-7H3,(H,30,35)(H,31,32,34). The van der Waals surface area contributed by atoms with Gasteiger partial charge in [-0.05, 0) is 38.0 Å². The number of amides is 2. The van der Waals surface area contributed by atoms with E-state index in [1.807, 2.05) is 18.2 Å². The molecule has 0 saturated heterocycles. The fourth-order valence-corrected chi connectivity index (χ4v) is 4.83. The van der Waals surface area contributed by atoms with E-state index in [2.05, 4.69) is 34.4 Å². The lowest BCUT2D eigenvalue weighted by molar-refractivity contribution is 0.0939. The molecule has 0 atom stereocenters. The van der Waals surface area contributed by atoms with Crippen LogP contribution in [0.4, 0.5) is 5.13 Å². The van der Waals surface area contributed by atoms with Gasteiger partial charge in [-0.15, -0.1) is 11.3 Å². The quantitative estimate of drug-likeness (QED) is 0.271. The largest absolute Gasteiger partial charge is 0.496 e. The third kappa shape index (κ3) is 8.24. The zero-order valence-electron chi connectivity index (χ0n) is 24.5. The van der Waals surface area contributed by atoms with Gasteiger partial charge in [-0.2, -0.15) is 0 Å². The highest BCUT2D eigenvalue weighted by molar-refractivity contribution is 7.14. The number of aromatic nitrogens is 1. The van der Waals surface area contributed by atoms with Gasteiger partial charge < -0.3 is 29.0 Å². The Hall–Kier alpha value is -4.03. The Kier molecular flexibility index (Phi) is 11.6. The summed E-state index contributed by atoms with van der Waals surface area (Å²) in [5, 5.41) is 7.54. The minimum absolute atomic E-state index is 0.228. The highest BCUT2D eigenvalue weighted by Crippen LogP contribution is 2.35. The third-order valence-corrected chi connectivity index (χ3v) is 7.22. The predicted octanol–water partition coefficient (Wildman–Crippen LogP) is 4.12. The van der Waals surface area contributed by atoms with Crippen molar-refractivity contribution in [2.45, 2.75) is 26.3 Å². The first-order chi connectivity index (χ1) is 19.7. The van der Waals surface area contributed by atoms with Gasteiger partial charge >= 0.3 is 0 Å². The van der Waals surface area contributed by atoms with Gasteiger partial charge in [0.1, 0.15) is 11.4 Å². The maximum atomic E-state index is 12.9. The van der Waals surface area contributed by atoms with Gasteiger partial charge in [0.15, 0.2) is 28.1 Å². The summed E-state index contributed by atoms with van der Waals surface area (Å²) in [6.45, 7) is 6.18. The molecule has 2 aromatic carbocycles. The molecule has 11 nitrogen and oxygen atoms in total. The van der Waals surface area contributed by atoms with Gasteiger partial charge in [-0.1, -0.05) is 6.07 Å². The minimum atomic E-state index is -0.453. The lowest BCUT2D eigenvalue weighted by Crippen LogP contribution is -2.39. The molecule has 41 heavy (non-hydrogen) atoms. The molecule has 1 aromatic heterocycles. The van der Waals surface area contributed by atoms with Crippen LogP contribution in [0.1, 0.15) is 40.3 Å². The van der Waals surface area contributed by atoms with Crippen LogP contribution in [-0.2, 0) is 6.42 Å². The van der Waals surface area contributed by atoms with Crippen molar-refractivity contribution in [2.75, 3.05) is 60.5 Å². The van der Waals surface area contributed by atoms with Crippen molar-refractivity contribution < 1.29 is 33.3 Å². The van der Waals surface area contributed by atoms with Gasteiger partial charge in [-0.25, -0.2) is 4.98 Å². The molecule has 0 aliphatic carbocycles. The van der Waals surface area contributed by atoms with Crippen molar-refractivity contribution in [1.82, 2.24) is 15.2 Å². The second-order valence-corrected chi connectivity index (χ2v) is 10.1. The molecule has 0 unspecified atom stereocenters. The summed E-state index contributed by atoms with van der Waals surface area (Å²) in [6, 6.07) is 9.31. The Morgan fingerprint density at radius 3 is 2.10 bits per heavy atom. The lowest BCUT2D eigenvalue weighted by atomic mass is 10.1. The Labute approximate surface area is 244 Å². The molecule has 3 rings (SSSR count). The van der Waals surface area contributed by atoms with E-state index in [-0.39, 0.29) is 22.3 Å². The van der Waals surface area contributed by atoms with Gasteiger partial charge in [0.2, 0.25) is 0 Å². The normalized spacial score (nSPS) is 10.9. The number of hydrogen-bond acceptors (Lipinski definition) is 10. The molecule has 0 fully saturated rings. The summed E-state index contributed by atoms with van der Waals surface area (Å²) in [5.74, 6) is 1.78. The van der Waals surface area contributed by atoms with Crippen molar-refractivity contribution >= 4 is 28.3 Å². The molecular weight excluding hydrogens is 548 g/mol. The van der Waals surface area contributed by atoms with Crippen molar-refractivity contribution in [3.63, 3.8) is 0 Å². The number of thiazole rings is 1. The monoisotopic (exact) mass is 586 g/mol. The molecule has 0 aliphatic rings. The second-order valence-electron chi connectivity index (χ2n) is 9.22. The first kappa shape index (κ1) is 31.5. The van der Waals surface area contributed by atoms with Crippen LogP contribution in [0.2, 0.25) is 0 Å². The van der Waals surface area contributed by atoms with Crippen LogP contribution in [0, 0.1) is 0 Å². The zero-order chi connectivity index (χ0) is 29.9. The average Bonchev–Trinajstić information content (AvgIpc) is 3.45. The van der Waals surface area contributed by atoms with Gasteiger partial charge in [0.05, 0.1) is 41.1 Å². The summed E-state index contributed by atoms with van der Waals surface area (Å²) in [7, 11) is 7.68. The zero-order valence-corrected chi connectivity index (χ0v) is 25.3. The Balaban J connectivity index is 1.55. The molecule has 12 heteroatoms. The molecule has 0 saturated carbocycles. The number of nitrogens with one attached hydrogen (secondary N) is 2. The predicted molar refractivity (Wildman–Crippen MR) is 158 cm³/mol. The molecule has 0 aliphatic heterocycles. The number of anilines is 1. The number of carbonyl (C=O) groups excluding carboxylic acids is 2. The number of nitrogens with zero attached hydrogens (tertiary/aromatic N) is 2. The minimum Gasteiger partial charge on any atom is -0.496 e. The average molecular weight is 587 g/mol. The Morgan fingerprint density at radius 1 is 0.829 bits per heavy atom. The molecule has 0 bridgehead atoms. The topological polar surface area (TPSA) is 120 Å². The summed E-state index contributed by atoms with van der Waals surface area (Å²) < 4.78 is 26.6. The van der Waals surface area contributed by atoms with Crippen LogP contribution < -0.4 is 34.3 Å². The molecule has 1 heterocycles. The number of benzene rings is 2. The van der Waals surface area contributed by atoms with Crippen LogP contribution in [-0.4, -0.2) is 82.9 Å². The molecule has 2 amide bonds. The first-order valence-electron chi connectivity index (χ1n) is 13.0. The Bertz CT molecular complexity index is 1330. The second kappa shape index (κ2) is 15.1. The smallest absolute Gasteiger partial charge is 0.270 e. The van der Waals surface area contributed by atoms with Crippen molar-refractivity contribution in [3.05, 3.63) is 52.5 Å². The third-order valence-electron chi connectivity index (χ3n) is 6.46. The van der Waals surface area contributed by atoms with Crippen LogP contribution >= 0.6 is 11.3 Å². The van der Waals surface area contributed by atoms with Crippen molar-refractivity contribution in [2.24, 2.45) is 0 Å². The number of carbonyl (C=O) groups is 2. The maximum absolute atomic E-state index is 12.9. The van der Waals surface area contributed by atoms with Gasteiger partial charge in [0, 0.05) is 43.2 Å². The van der Waals surface area contributed by atoms with E-state index in [9.17, 15) is 9.59 Å². The number of rotatable bonds is 15. The van der Waals surface area contributed by atoms with Crippen LogP contribution in [0.5, 0.6) is 28.7 Å². The number of ether oxygens (including phenoxy) is 5. The fourth-order valence-electron chi connectivity index (χ4n) is 4.15. The maximum Gasteiger partial charge on any atom is 0.270 e. The molecule has 2 N–H and O–H groups in total. The molecule has 3 aromatic rings. The van der Waals surface area contributed by atoms with Gasteiger partial charge in [0.25, 0.3) is 11.8 Å². The summed E-state index contributed by atoms with van der Waals surface area (Å²) >= 11 is 1.16. The SMILES string of the molecule is COc1ccc(CCN(CCNC(=O)c2csc(NC(=O)c3cc(OC)c(OC)cc3OC)n2)C(C)C)cc1OC. The first-order valence-corrected chi connectivity index (χ1v) is 13.9.